The van der Waals surface area contributed by atoms with Crippen LogP contribution in [0.2, 0.25) is 0 Å². The standard InChI is InChI=1S/C16H7F3O5/c17-16(18,19)9-3-1-2-8(6-9)13(20)23-10-4-5-11-12(7-10)15(22)24-14(11)21/h1-7H. The van der Waals surface area contributed by atoms with Gasteiger partial charge in [0, 0.05) is 0 Å². The highest BCUT2D eigenvalue weighted by Crippen LogP contribution is 2.30. The van der Waals surface area contributed by atoms with Crippen LogP contribution in [0.5, 0.6) is 5.75 Å². The highest BCUT2D eigenvalue weighted by atomic mass is 19.4. The Labute approximate surface area is 132 Å². The minimum Gasteiger partial charge on any atom is -0.423 e. The van der Waals surface area contributed by atoms with Crippen molar-refractivity contribution >= 4 is 17.9 Å². The van der Waals surface area contributed by atoms with Crippen LogP contribution in [0.15, 0.2) is 42.5 Å². The topological polar surface area (TPSA) is 69.7 Å². The molecule has 1 aliphatic rings. The van der Waals surface area contributed by atoms with E-state index in [0.29, 0.717) is 6.07 Å². The van der Waals surface area contributed by atoms with Crippen LogP contribution in [0.1, 0.15) is 36.6 Å². The second-order valence-corrected chi connectivity index (χ2v) is 4.85. The van der Waals surface area contributed by atoms with Crippen molar-refractivity contribution in [1.29, 1.82) is 0 Å². The van der Waals surface area contributed by atoms with Gasteiger partial charge in [0.15, 0.2) is 0 Å². The first-order chi connectivity index (χ1) is 11.3. The fraction of sp³-hybridized carbons (Fsp3) is 0.0625. The quantitative estimate of drug-likeness (QED) is 0.478. The van der Waals surface area contributed by atoms with E-state index >= 15 is 0 Å². The molecule has 1 aliphatic heterocycles. The number of halogens is 3. The lowest BCUT2D eigenvalue weighted by molar-refractivity contribution is -0.137. The van der Waals surface area contributed by atoms with E-state index in [9.17, 15) is 27.6 Å². The Bertz CT molecular complexity index is 870. The third-order valence-corrected chi connectivity index (χ3v) is 3.25. The van der Waals surface area contributed by atoms with Gasteiger partial charge in [-0.3, -0.25) is 0 Å². The number of benzene rings is 2. The summed E-state index contributed by atoms with van der Waals surface area (Å²) in [6, 6.07) is 7.33. The fourth-order valence-electron chi connectivity index (χ4n) is 2.12. The Kier molecular flexibility index (Phi) is 3.59. The lowest BCUT2D eigenvalue weighted by Gasteiger charge is -2.09. The summed E-state index contributed by atoms with van der Waals surface area (Å²) in [5.74, 6) is -2.82. The van der Waals surface area contributed by atoms with Crippen molar-refractivity contribution in [2.45, 2.75) is 6.18 Å². The van der Waals surface area contributed by atoms with Crippen LogP contribution >= 0.6 is 0 Å². The first kappa shape index (κ1) is 15.7. The maximum atomic E-state index is 12.7. The molecule has 1 heterocycles. The van der Waals surface area contributed by atoms with Crippen LogP contribution in [-0.4, -0.2) is 17.9 Å². The van der Waals surface area contributed by atoms with Gasteiger partial charge in [-0.25, -0.2) is 14.4 Å². The smallest absolute Gasteiger partial charge is 0.416 e. The maximum absolute atomic E-state index is 12.7. The number of hydrogen-bond acceptors (Lipinski definition) is 5. The van der Waals surface area contributed by atoms with E-state index in [1.807, 2.05) is 0 Å². The van der Waals surface area contributed by atoms with Crippen molar-refractivity contribution < 1.29 is 37.0 Å². The molecule has 0 radical (unpaired) electrons. The Balaban J connectivity index is 1.85. The van der Waals surface area contributed by atoms with Crippen LogP contribution in [0.4, 0.5) is 13.2 Å². The van der Waals surface area contributed by atoms with Crippen LogP contribution in [-0.2, 0) is 10.9 Å². The Morgan fingerprint density at radius 1 is 0.958 bits per heavy atom. The number of alkyl halides is 3. The van der Waals surface area contributed by atoms with Gasteiger partial charge in [0.25, 0.3) is 0 Å². The van der Waals surface area contributed by atoms with Gasteiger partial charge >= 0.3 is 24.1 Å². The van der Waals surface area contributed by atoms with Gasteiger partial charge in [0.1, 0.15) is 5.75 Å². The average molecular weight is 336 g/mol. The molecule has 0 aromatic heterocycles. The zero-order valence-electron chi connectivity index (χ0n) is 11.7. The number of rotatable bonds is 2. The molecule has 0 spiro atoms. The van der Waals surface area contributed by atoms with Gasteiger partial charge in [0.05, 0.1) is 22.3 Å². The minimum absolute atomic E-state index is 0.0267. The highest BCUT2D eigenvalue weighted by molar-refractivity contribution is 6.14. The Morgan fingerprint density at radius 2 is 1.67 bits per heavy atom. The van der Waals surface area contributed by atoms with Gasteiger partial charge in [-0.2, -0.15) is 13.2 Å². The van der Waals surface area contributed by atoms with Crippen molar-refractivity contribution in [2.24, 2.45) is 0 Å². The predicted molar refractivity (Wildman–Crippen MR) is 72.6 cm³/mol. The summed E-state index contributed by atoms with van der Waals surface area (Å²) in [6.07, 6.45) is -4.59. The number of cyclic esters (lactones) is 2. The number of fused-ring (bicyclic) bond motifs is 1. The summed E-state index contributed by atoms with van der Waals surface area (Å²) in [5.41, 5.74) is -1.34. The van der Waals surface area contributed by atoms with E-state index in [4.69, 9.17) is 4.74 Å². The summed E-state index contributed by atoms with van der Waals surface area (Å²) >= 11 is 0. The van der Waals surface area contributed by atoms with Crippen LogP contribution in [0.25, 0.3) is 0 Å². The molecule has 0 bridgehead atoms. The molecular formula is C16H7F3O5. The van der Waals surface area contributed by atoms with Crippen molar-refractivity contribution in [3.05, 3.63) is 64.7 Å². The second kappa shape index (κ2) is 5.48. The van der Waals surface area contributed by atoms with E-state index in [1.54, 1.807) is 0 Å². The van der Waals surface area contributed by atoms with Crippen molar-refractivity contribution in [3.8, 4) is 5.75 Å². The molecule has 8 heteroatoms. The van der Waals surface area contributed by atoms with Gasteiger partial charge < -0.3 is 9.47 Å². The van der Waals surface area contributed by atoms with E-state index in [0.717, 1.165) is 18.2 Å². The maximum Gasteiger partial charge on any atom is 0.416 e. The molecular weight excluding hydrogens is 329 g/mol. The van der Waals surface area contributed by atoms with Gasteiger partial charge in [0.2, 0.25) is 0 Å². The summed E-state index contributed by atoms with van der Waals surface area (Å²) < 4.78 is 47.3. The summed E-state index contributed by atoms with van der Waals surface area (Å²) in [7, 11) is 0. The molecule has 0 unspecified atom stereocenters. The monoisotopic (exact) mass is 336 g/mol. The highest BCUT2D eigenvalue weighted by Gasteiger charge is 2.32. The van der Waals surface area contributed by atoms with Crippen LogP contribution < -0.4 is 4.74 Å². The van der Waals surface area contributed by atoms with Crippen LogP contribution in [0, 0.1) is 0 Å². The number of esters is 3. The van der Waals surface area contributed by atoms with Gasteiger partial charge in [-0.15, -0.1) is 0 Å². The molecule has 122 valence electrons. The normalized spacial score (nSPS) is 13.5. The molecule has 2 aromatic rings. The Hall–Kier alpha value is -3.16. The van der Waals surface area contributed by atoms with E-state index in [2.05, 4.69) is 4.74 Å². The number of carbonyl (C=O) groups is 3. The third kappa shape index (κ3) is 2.85. The van der Waals surface area contributed by atoms with Gasteiger partial charge in [-0.1, -0.05) is 6.07 Å². The van der Waals surface area contributed by atoms with Crippen molar-refractivity contribution in [3.63, 3.8) is 0 Å². The molecule has 0 amide bonds. The molecule has 0 aliphatic carbocycles. The number of hydrogen-bond donors (Lipinski definition) is 0. The van der Waals surface area contributed by atoms with Crippen molar-refractivity contribution in [2.75, 3.05) is 0 Å². The molecule has 5 nitrogen and oxygen atoms in total. The third-order valence-electron chi connectivity index (χ3n) is 3.25. The predicted octanol–water partition coefficient (Wildman–Crippen LogP) is 3.24. The Morgan fingerprint density at radius 3 is 2.38 bits per heavy atom. The molecule has 0 N–H and O–H groups in total. The molecule has 3 rings (SSSR count). The number of carbonyl (C=O) groups excluding carboxylic acids is 3. The lowest BCUT2D eigenvalue weighted by Crippen LogP contribution is -2.12. The van der Waals surface area contributed by atoms with E-state index < -0.39 is 29.6 Å². The summed E-state index contributed by atoms with van der Waals surface area (Å²) in [6.45, 7) is 0. The first-order valence-electron chi connectivity index (χ1n) is 6.56. The zero-order chi connectivity index (χ0) is 17.5. The van der Waals surface area contributed by atoms with E-state index in [1.165, 1.54) is 18.2 Å². The first-order valence-corrected chi connectivity index (χ1v) is 6.56. The largest absolute Gasteiger partial charge is 0.423 e. The average Bonchev–Trinajstić information content (AvgIpc) is 2.81. The second-order valence-electron chi connectivity index (χ2n) is 4.85. The molecule has 0 fully saturated rings. The molecule has 0 atom stereocenters. The summed E-state index contributed by atoms with van der Waals surface area (Å²) in [5, 5.41) is 0. The van der Waals surface area contributed by atoms with E-state index in [-0.39, 0.29) is 22.4 Å². The SMILES string of the molecule is O=C(Oc1ccc2c(c1)C(=O)OC2=O)c1cccc(C(F)(F)F)c1. The number of ether oxygens (including phenoxy) is 2. The molecule has 0 saturated heterocycles. The summed E-state index contributed by atoms with van der Waals surface area (Å²) in [4.78, 5) is 34.7. The molecule has 2 aromatic carbocycles. The minimum atomic E-state index is -4.59. The van der Waals surface area contributed by atoms with Crippen molar-refractivity contribution in [1.82, 2.24) is 0 Å². The van der Waals surface area contributed by atoms with Gasteiger partial charge in [-0.05, 0) is 36.4 Å². The molecule has 24 heavy (non-hydrogen) atoms. The molecule has 0 saturated carbocycles. The fourth-order valence-corrected chi connectivity index (χ4v) is 2.12. The zero-order valence-corrected chi connectivity index (χ0v) is 11.7. The lowest BCUT2D eigenvalue weighted by atomic mass is 10.1. The van der Waals surface area contributed by atoms with Crippen LogP contribution in [0.3, 0.4) is 0 Å².